The summed E-state index contributed by atoms with van der Waals surface area (Å²) >= 11 is 0. The van der Waals surface area contributed by atoms with Gasteiger partial charge in [0.15, 0.2) is 0 Å². The van der Waals surface area contributed by atoms with E-state index in [1.807, 2.05) is 18.2 Å². The van der Waals surface area contributed by atoms with E-state index in [1.165, 1.54) is 11.1 Å². The van der Waals surface area contributed by atoms with Crippen molar-refractivity contribution in [1.82, 2.24) is 0 Å². The fraction of sp³-hybridized carbons (Fsp3) is 0.118. The maximum atomic E-state index is 11.2. The minimum Gasteiger partial charge on any atom is -0.462 e. The van der Waals surface area contributed by atoms with E-state index in [9.17, 15) is 4.79 Å². The Bertz CT molecular complexity index is 609. The van der Waals surface area contributed by atoms with E-state index in [2.05, 4.69) is 36.4 Å². The van der Waals surface area contributed by atoms with Crippen LogP contribution >= 0.6 is 0 Å². The molecular formula is C17H14O2. The van der Waals surface area contributed by atoms with E-state index in [4.69, 9.17) is 4.74 Å². The molecule has 0 saturated carbocycles. The van der Waals surface area contributed by atoms with Gasteiger partial charge in [0.25, 0.3) is 0 Å². The molecule has 0 unspecified atom stereocenters. The summed E-state index contributed by atoms with van der Waals surface area (Å²) in [6.45, 7) is 0.477. The Morgan fingerprint density at radius 3 is 2.11 bits per heavy atom. The third-order valence-corrected chi connectivity index (χ3v) is 3.27. The van der Waals surface area contributed by atoms with Crippen molar-refractivity contribution in [1.29, 1.82) is 0 Å². The second kappa shape index (κ2) is 5.11. The van der Waals surface area contributed by atoms with Crippen LogP contribution in [0.3, 0.4) is 0 Å². The number of hydrogen-bond acceptors (Lipinski definition) is 2. The SMILES string of the molecule is O=C1C=C(c2ccc(-c3ccccc3)cc2)CCO1. The fourth-order valence-electron chi connectivity index (χ4n) is 2.25. The lowest BCUT2D eigenvalue weighted by Gasteiger charge is -2.13. The lowest BCUT2D eigenvalue weighted by molar-refractivity contribution is -0.138. The molecule has 0 amide bonds. The van der Waals surface area contributed by atoms with Crippen molar-refractivity contribution in [3.05, 3.63) is 66.2 Å². The van der Waals surface area contributed by atoms with Crippen LogP contribution in [-0.4, -0.2) is 12.6 Å². The maximum Gasteiger partial charge on any atom is 0.331 e. The number of esters is 1. The molecule has 0 fully saturated rings. The average molecular weight is 250 g/mol. The molecule has 0 radical (unpaired) electrons. The van der Waals surface area contributed by atoms with Crippen LogP contribution in [0, 0.1) is 0 Å². The monoisotopic (exact) mass is 250 g/mol. The summed E-state index contributed by atoms with van der Waals surface area (Å²) in [5.41, 5.74) is 4.53. The van der Waals surface area contributed by atoms with E-state index >= 15 is 0 Å². The molecule has 0 N–H and O–H groups in total. The number of hydrogen-bond donors (Lipinski definition) is 0. The number of cyclic esters (lactones) is 1. The molecule has 19 heavy (non-hydrogen) atoms. The Labute approximate surface area is 112 Å². The van der Waals surface area contributed by atoms with Gasteiger partial charge in [0, 0.05) is 12.5 Å². The Morgan fingerprint density at radius 2 is 1.42 bits per heavy atom. The normalized spacial score (nSPS) is 14.7. The van der Waals surface area contributed by atoms with Gasteiger partial charge >= 0.3 is 5.97 Å². The highest BCUT2D eigenvalue weighted by Crippen LogP contribution is 2.25. The van der Waals surface area contributed by atoms with E-state index in [-0.39, 0.29) is 5.97 Å². The standard InChI is InChI=1S/C17H14O2/c18-17-12-16(10-11-19-17)15-8-6-14(7-9-15)13-4-2-1-3-5-13/h1-9,12H,10-11H2. The predicted octanol–water partition coefficient (Wildman–Crippen LogP) is 3.68. The molecule has 1 aliphatic rings. The molecule has 0 aromatic heterocycles. The van der Waals surface area contributed by atoms with Crippen molar-refractivity contribution in [2.24, 2.45) is 0 Å². The van der Waals surface area contributed by atoms with Gasteiger partial charge in [-0.15, -0.1) is 0 Å². The second-order valence-electron chi connectivity index (χ2n) is 4.53. The molecule has 1 aliphatic heterocycles. The van der Waals surface area contributed by atoms with Crippen LogP contribution in [0.15, 0.2) is 60.7 Å². The molecule has 2 nitrogen and oxygen atoms in total. The Hall–Kier alpha value is -2.35. The summed E-state index contributed by atoms with van der Waals surface area (Å²) in [6.07, 6.45) is 2.37. The maximum absolute atomic E-state index is 11.2. The largest absolute Gasteiger partial charge is 0.462 e. The van der Waals surface area contributed by atoms with Gasteiger partial charge in [0.1, 0.15) is 0 Å². The first-order valence-electron chi connectivity index (χ1n) is 6.36. The van der Waals surface area contributed by atoms with Gasteiger partial charge in [0.05, 0.1) is 6.61 Å². The van der Waals surface area contributed by atoms with Gasteiger partial charge in [-0.3, -0.25) is 0 Å². The Kier molecular flexibility index (Phi) is 3.15. The first-order chi connectivity index (χ1) is 9.33. The molecule has 3 rings (SSSR count). The van der Waals surface area contributed by atoms with Crippen LogP contribution in [0.1, 0.15) is 12.0 Å². The molecule has 0 aliphatic carbocycles. The van der Waals surface area contributed by atoms with Crippen LogP contribution in [0.25, 0.3) is 16.7 Å². The molecule has 0 atom stereocenters. The zero-order valence-corrected chi connectivity index (χ0v) is 10.5. The molecule has 0 bridgehead atoms. The van der Waals surface area contributed by atoms with E-state index in [1.54, 1.807) is 6.08 Å². The first-order valence-corrected chi connectivity index (χ1v) is 6.36. The molecular weight excluding hydrogens is 236 g/mol. The van der Waals surface area contributed by atoms with Crippen molar-refractivity contribution in [2.45, 2.75) is 6.42 Å². The number of ether oxygens (including phenoxy) is 1. The number of carbonyl (C=O) groups is 1. The van der Waals surface area contributed by atoms with Crippen molar-refractivity contribution >= 4 is 11.5 Å². The molecule has 2 heteroatoms. The van der Waals surface area contributed by atoms with E-state index in [0.29, 0.717) is 6.61 Å². The lowest BCUT2D eigenvalue weighted by atomic mass is 9.98. The molecule has 1 heterocycles. The second-order valence-corrected chi connectivity index (χ2v) is 4.53. The molecule has 94 valence electrons. The summed E-state index contributed by atoms with van der Waals surface area (Å²) in [5.74, 6) is -0.242. The van der Waals surface area contributed by atoms with E-state index < -0.39 is 0 Å². The smallest absolute Gasteiger partial charge is 0.331 e. The fourth-order valence-corrected chi connectivity index (χ4v) is 2.25. The van der Waals surface area contributed by atoms with Gasteiger partial charge in [-0.05, 0) is 22.3 Å². The van der Waals surface area contributed by atoms with Crippen LogP contribution in [0.2, 0.25) is 0 Å². The zero-order chi connectivity index (χ0) is 13.1. The quantitative estimate of drug-likeness (QED) is 0.760. The predicted molar refractivity (Wildman–Crippen MR) is 75.4 cm³/mol. The molecule has 2 aromatic rings. The number of benzene rings is 2. The zero-order valence-electron chi connectivity index (χ0n) is 10.5. The summed E-state index contributed by atoms with van der Waals surface area (Å²) < 4.78 is 4.91. The van der Waals surface area contributed by atoms with Gasteiger partial charge in [0.2, 0.25) is 0 Å². The molecule has 0 spiro atoms. The third-order valence-electron chi connectivity index (χ3n) is 3.27. The van der Waals surface area contributed by atoms with E-state index in [0.717, 1.165) is 17.6 Å². The first kappa shape index (κ1) is 11.7. The number of carbonyl (C=O) groups excluding carboxylic acids is 1. The van der Waals surface area contributed by atoms with Crippen LogP contribution in [0.4, 0.5) is 0 Å². The molecule has 2 aromatic carbocycles. The van der Waals surface area contributed by atoms with Gasteiger partial charge < -0.3 is 4.74 Å². The summed E-state index contributed by atoms with van der Waals surface area (Å²) in [6, 6.07) is 18.6. The van der Waals surface area contributed by atoms with Crippen molar-refractivity contribution in [3.8, 4) is 11.1 Å². The Morgan fingerprint density at radius 1 is 0.789 bits per heavy atom. The van der Waals surface area contributed by atoms with Gasteiger partial charge in [-0.25, -0.2) is 4.79 Å². The highest BCUT2D eigenvalue weighted by atomic mass is 16.5. The summed E-state index contributed by atoms with van der Waals surface area (Å²) in [7, 11) is 0. The minimum absolute atomic E-state index is 0.242. The van der Waals surface area contributed by atoms with Crippen molar-refractivity contribution < 1.29 is 9.53 Å². The van der Waals surface area contributed by atoms with Crippen molar-refractivity contribution in [2.75, 3.05) is 6.61 Å². The molecule has 0 saturated heterocycles. The summed E-state index contributed by atoms with van der Waals surface area (Å²) in [5, 5.41) is 0. The highest BCUT2D eigenvalue weighted by molar-refractivity contribution is 5.93. The van der Waals surface area contributed by atoms with Crippen molar-refractivity contribution in [3.63, 3.8) is 0 Å². The Balaban J connectivity index is 1.89. The van der Waals surface area contributed by atoms with Crippen LogP contribution in [-0.2, 0) is 9.53 Å². The van der Waals surface area contributed by atoms with Gasteiger partial charge in [-0.1, -0.05) is 54.6 Å². The van der Waals surface area contributed by atoms with Crippen LogP contribution < -0.4 is 0 Å². The van der Waals surface area contributed by atoms with Crippen LogP contribution in [0.5, 0.6) is 0 Å². The van der Waals surface area contributed by atoms with Gasteiger partial charge in [-0.2, -0.15) is 0 Å². The highest BCUT2D eigenvalue weighted by Gasteiger charge is 2.12. The topological polar surface area (TPSA) is 26.3 Å². The minimum atomic E-state index is -0.242. The number of rotatable bonds is 2. The average Bonchev–Trinajstić information content (AvgIpc) is 2.48. The lowest BCUT2D eigenvalue weighted by Crippen LogP contribution is -2.09. The summed E-state index contributed by atoms with van der Waals surface area (Å²) in [4.78, 5) is 11.2. The third kappa shape index (κ3) is 2.58.